The zero-order valence-electron chi connectivity index (χ0n) is 11.6. The molecule has 2 N–H and O–H groups in total. The molecular weight excluding hydrogens is 286 g/mol. The average molecular weight is 310 g/mol. The smallest absolute Gasteiger partial charge is 0.239 e. The first kappa shape index (κ1) is 18.5. The summed E-state index contributed by atoms with van der Waals surface area (Å²) in [5.41, 5.74) is 0. The molecule has 1 saturated heterocycles. The number of amides is 2. The minimum Gasteiger partial charge on any atom is -0.358 e. The van der Waals surface area contributed by atoms with E-state index in [0.717, 1.165) is 24.5 Å². The van der Waals surface area contributed by atoms with Crippen molar-refractivity contribution in [1.29, 1.82) is 0 Å². The zero-order chi connectivity index (χ0) is 13.4. The summed E-state index contributed by atoms with van der Waals surface area (Å²) >= 11 is 1.88. The molecule has 1 atom stereocenters. The molecule has 1 rings (SSSR count). The number of thioether (sulfide) groups is 1. The van der Waals surface area contributed by atoms with Gasteiger partial charge in [-0.05, 0) is 6.42 Å². The Labute approximate surface area is 125 Å². The molecule has 1 unspecified atom stereocenters. The van der Waals surface area contributed by atoms with E-state index >= 15 is 0 Å². The molecule has 1 heterocycles. The predicted octanol–water partition coefficient (Wildman–Crippen LogP) is 0.488. The summed E-state index contributed by atoms with van der Waals surface area (Å²) in [6, 6.07) is 0.250. The number of nitrogens with zero attached hydrogens (tertiary/aromatic N) is 1. The molecule has 0 aliphatic carbocycles. The Morgan fingerprint density at radius 1 is 1.47 bits per heavy atom. The van der Waals surface area contributed by atoms with Gasteiger partial charge >= 0.3 is 0 Å². The van der Waals surface area contributed by atoms with Crippen molar-refractivity contribution < 1.29 is 9.59 Å². The highest BCUT2D eigenvalue weighted by Gasteiger charge is 2.21. The summed E-state index contributed by atoms with van der Waals surface area (Å²) in [7, 11) is 1.59. The van der Waals surface area contributed by atoms with Crippen LogP contribution in [-0.4, -0.2) is 60.9 Å². The van der Waals surface area contributed by atoms with Crippen LogP contribution in [0.5, 0.6) is 0 Å². The van der Waals surface area contributed by atoms with E-state index in [1.807, 2.05) is 18.7 Å². The van der Waals surface area contributed by atoms with Crippen LogP contribution in [0.25, 0.3) is 0 Å². The van der Waals surface area contributed by atoms with Crippen LogP contribution >= 0.6 is 24.2 Å². The van der Waals surface area contributed by atoms with E-state index < -0.39 is 0 Å². The summed E-state index contributed by atoms with van der Waals surface area (Å²) in [5, 5.41) is 5.91. The Hall–Kier alpha value is -0.460. The maximum Gasteiger partial charge on any atom is 0.239 e. The van der Waals surface area contributed by atoms with Crippen LogP contribution < -0.4 is 10.6 Å². The summed E-state index contributed by atoms with van der Waals surface area (Å²) in [6.07, 6.45) is 1.36. The highest BCUT2D eigenvalue weighted by atomic mass is 35.5. The standard InChI is InChI=1S/C12H23N3O2S.ClH/c1-3-5-15(8-11(16)13-2)12(17)7-10-9-18-6-4-14-10;/h10,14H,3-9H2,1-2H3,(H,13,16);1H. The van der Waals surface area contributed by atoms with Crippen molar-refractivity contribution in [1.82, 2.24) is 15.5 Å². The van der Waals surface area contributed by atoms with E-state index in [1.54, 1.807) is 11.9 Å². The van der Waals surface area contributed by atoms with Crippen molar-refractivity contribution in [3.05, 3.63) is 0 Å². The summed E-state index contributed by atoms with van der Waals surface area (Å²) in [6.45, 7) is 3.79. The maximum atomic E-state index is 12.1. The second-order valence-electron chi connectivity index (χ2n) is 4.42. The van der Waals surface area contributed by atoms with Gasteiger partial charge in [0.15, 0.2) is 0 Å². The van der Waals surface area contributed by atoms with Crippen LogP contribution in [0.2, 0.25) is 0 Å². The third kappa shape index (κ3) is 7.03. The fourth-order valence-corrected chi connectivity index (χ4v) is 2.85. The van der Waals surface area contributed by atoms with E-state index in [2.05, 4.69) is 10.6 Å². The Kier molecular flexibility index (Phi) is 10.1. The summed E-state index contributed by atoms with van der Waals surface area (Å²) < 4.78 is 0. The summed E-state index contributed by atoms with van der Waals surface area (Å²) in [5.74, 6) is 2.05. The quantitative estimate of drug-likeness (QED) is 0.749. The van der Waals surface area contributed by atoms with Crippen LogP contribution in [0.15, 0.2) is 0 Å². The molecule has 2 amide bonds. The van der Waals surface area contributed by atoms with Crippen molar-refractivity contribution in [3.8, 4) is 0 Å². The highest BCUT2D eigenvalue weighted by Crippen LogP contribution is 2.11. The van der Waals surface area contributed by atoms with Crippen molar-refractivity contribution in [3.63, 3.8) is 0 Å². The number of hydrogen-bond acceptors (Lipinski definition) is 4. The van der Waals surface area contributed by atoms with Gasteiger partial charge in [-0.3, -0.25) is 9.59 Å². The van der Waals surface area contributed by atoms with Gasteiger partial charge in [0, 0.05) is 44.1 Å². The molecule has 1 aliphatic rings. The minimum absolute atomic E-state index is 0. The molecule has 0 spiro atoms. The lowest BCUT2D eigenvalue weighted by molar-refractivity contribution is -0.136. The summed E-state index contributed by atoms with van der Waals surface area (Å²) in [4.78, 5) is 25.2. The Morgan fingerprint density at radius 2 is 2.21 bits per heavy atom. The van der Waals surface area contributed by atoms with Crippen molar-refractivity contribution in [2.24, 2.45) is 0 Å². The van der Waals surface area contributed by atoms with Crippen LogP contribution in [0.3, 0.4) is 0 Å². The molecule has 0 saturated carbocycles. The topological polar surface area (TPSA) is 61.4 Å². The Morgan fingerprint density at radius 3 is 2.74 bits per heavy atom. The lowest BCUT2D eigenvalue weighted by atomic mass is 10.2. The molecule has 0 radical (unpaired) electrons. The van der Waals surface area contributed by atoms with E-state index in [1.165, 1.54) is 0 Å². The van der Waals surface area contributed by atoms with Gasteiger partial charge in [0.2, 0.25) is 11.8 Å². The van der Waals surface area contributed by atoms with Gasteiger partial charge in [-0.15, -0.1) is 12.4 Å². The number of halogens is 1. The van der Waals surface area contributed by atoms with E-state index in [-0.39, 0.29) is 36.8 Å². The lowest BCUT2D eigenvalue weighted by Gasteiger charge is -2.27. The van der Waals surface area contributed by atoms with Gasteiger partial charge in [0.1, 0.15) is 0 Å². The monoisotopic (exact) mass is 309 g/mol. The number of nitrogens with one attached hydrogen (secondary N) is 2. The van der Waals surface area contributed by atoms with Gasteiger partial charge in [-0.2, -0.15) is 11.8 Å². The molecular formula is C12H24ClN3O2S. The lowest BCUT2D eigenvalue weighted by Crippen LogP contribution is -2.45. The second-order valence-corrected chi connectivity index (χ2v) is 5.57. The molecule has 7 heteroatoms. The van der Waals surface area contributed by atoms with Crippen molar-refractivity contribution >= 4 is 36.0 Å². The molecule has 0 aromatic rings. The predicted molar refractivity (Wildman–Crippen MR) is 81.9 cm³/mol. The third-order valence-corrected chi connectivity index (χ3v) is 4.01. The first-order valence-electron chi connectivity index (χ1n) is 6.46. The van der Waals surface area contributed by atoms with Crippen LogP contribution in [0.1, 0.15) is 19.8 Å². The minimum atomic E-state index is -0.109. The molecule has 0 aromatic carbocycles. The Bertz CT molecular complexity index is 286. The molecule has 1 fully saturated rings. The number of carbonyl (C=O) groups is 2. The highest BCUT2D eigenvalue weighted by molar-refractivity contribution is 7.99. The second kappa shape index (κ2) is 10.3. The molecule has 0 aromatic heterocycles. The van der Waals surface area contributed by atoms with Crippen molar-refractivity contribution in [2.75, 3.05) is 38.2 Å². The molecule has 19 heavy (non-hydrogen) atoms. The van der Waals surface area contributed by atoms with Crippen molar-refractivity contribution in [2.45, 2.75) is 25.8 Å². The average Bonchev–Trinajstić information content (AvgIpc) is 2.39. The third-order valence-electron chi connectivity index (χ3n) is 2.88. The fraction of sp³-hybridized carbons (Fsp3) is 0.833. The van der Waals surface area contributed by atoms with Crippen LogP contribution in [0, 0.1) is 0 Å². The molecule has 0 bridgehead atoms. The van der Waals surface area contributed by atoms with Gasteiger partial charge in [-0.25, -0.2) is 0 Å². The first-order valence-corrected chi connectivity index (χ1v) is 7.62. The number of likely N-dealkylation sites (N-methyl/N-ethyl adjacent to an activating group) is 1. The Balaban J connectivity index is 0.00000324. The molecule has 1 aliphatic heterocycles. The molecule has 112 valence electrons. The van der Waals surface area contributed by atoms with Gasteiger partial charge < -0.3 is 15.5 Å². The van der Waals surface area contributed by atoms with Crippen LogP contribution in [-0.2, 0) is 9.59 Å². The van der Waals surface area contributed by atoms with Gasteiger partial charge in [0.25, 0.3) is 0 Å². The normalized spacial score (nSPS) is 18.3. The van der Waals surface area contributed by atoms with Crippen LogP contribution in [0.4, 0.5) is 0 Å². The van der Waals surface area contributed by atoms with E-state index in [9.17, 15) is 9.59 Å². The fourth-order valence-electron chi connectivity index (χ4n) is 1.90. The first-order chi connectivity index (χ1) is 8.67. The van der Waals surface area contributed by atoms with E-state index in [0.29, 0.717) is 13.0 Å². The van der Waals surface area contributed by atoms with E-state index in [4.69, 9.17) is 0 Å². The maximum absolute atomic E-state index is 12.1. The SMILES string of the molecule is CCCN(CC(=O)NC)C(=O)CC1CSCCN1.Cl. The number of rotatable bonds is 6. The van der Waals surface area contributed by atoms with Gasteiger partial charge in [-0.1, -0.05) is 6.92 Å². The molecule has 5 nitrogen and oxygen atoms in total. The van der Waals surface area contributed by atoms with Gasteiger partial charge in [0.05, 0.1) is 6.54 Å². The largest absolute Gasteiger partial charge is 0.358 e. The number of carbonyl (C=O) groups excluding carboxylic acids is 2. The number of hydrogen-bond donors (Lipinski definition) is 2. The zero-order valence-corrected chi connectivity index (χ0v) is 13.2.